The van der Waals surface area contributed by atoms with Crippen LogP contribution >= 0.6 is 0 Å². The summed E-state index contributed by atoms with van der Waals surface area (Å²) in [6, 6.07) is 2.17. The highest BCUT2D eigenvalue weighted by Crippen LogP contribution is 2.42. The lowest BCUT2D eigenvalue weighted by Crippen LogP contribution is -2.33. The molecule has 1 N–H and O–H groups in total. The van der Waals surface area contributed by atoms with Crippen LogP contribution in [0.5, 0.6) is 0 Å². The van der Waals surface area contributed by atoms with Gasteiger partial charge in [-0.2, -0.15) is 18.4 Å². The second kappa shape index (κ2) is 6.29. The van der Waals surface area contributed by atoms with E-state index in [-0.39, 0.29) is 11.3 Å². The molecule has 0 saturated carbocycles. The first-order valence-corrected chi connectivity index (χ1v) is 7.47. The Bertz CT molecular complexity index is 985. The van der Waals surface area contributed by atoms with Crippen LogP contribution in [0.3, 0.4) is 0 Å². The van der Waals surface area contributed by atoms with E-state index in [9.17, 15) is 36.4 Å². The van der Waals surface area contributed by atoms with E-state index in [4.69, 9.17) is 5.11 Å². The van der Waals surface area contributed by atoms with Gasteiger partial charge in [-0.15, -0.1) is 0 Å². The Hall–Kier alpha value is -3.03. The van der Waals surface area contributed by atoms with Crippen molar-refractivity contribution in [1.29, 1.82) is 5.26 Å². The first-order valence-electron chi connectivity index (χ1n) is 7.47. The van der Waals surface area contributed by atoms with E-state index < -0.39 is 65.4 Å². The van der Waals surface area contributed by atoms with Crippen LogP contribution in [0, 0.1) is 40.6 Å². The zero-order valence-corrected chi connectivity index (χ0v) is 13.2. The smallest absolute Gasteiger partial charge is 0.394 e. The molecule has 1 aliphatic heterocycles. The van der Waals surface area contributed by atoms with Gasteiger partial charge in [0.2, 0.25) is 0 Å². The number of carboxylic acids is 1. The molecule has 0 spiro atoms. The minimum Gasteiger partial charge on any atom is -0.481 e. The van der Waals surface area contributed by atoms with Gasteiger partial charge in [0.1, 0.15) is 11.6 Å². The number of fused-ring (bicyclic) bond motifs is 1. The second-order valence-electron chi connectivity index (χ2n) is 6.01. The number of alkyl halides is 3. The number of nitriles is 1. The lowest BCUT2D eigenvalue weighted by atomic mass is 9.96. The van der Waals surface area contributed by atoms with Crippen LogP contribution in [0.2, 0.25) is 0 Å². The molecule has 1 saturated heterocycles. The van der Waals surface area contributed by atoms with Crippen LogP contribution in [0.15, 0.2) is 12.3 Å². The second-order valence-corrected chi connectivity index (χ2v) is 6.01. The lowest BCUT2D eigenvalue weighted by Gasteiger charge is -2.22. The molecule has 11 heteroatoms. The summed E-state index contributed by atoms with van der Waals surface area (Å²) in [5, 5.41) is 17.9. The molecule has 0 unspecified atom stereocenters. The number of anilines is 1. The van der Waals surface area contributed by atoms with E-state index in [1.54, 1.807) is 6.07 Å². The van der Waals surface area contributed by atoms with Crippen LogP contribution in [-0.2, 0) is 4.79 Å². The largest absolute Gasteiger partial charge is 0.481 e. The summed E-state index contributed by atoms with van der Waals surface area (Å²) >= 11 is 0. The highest BCUT2D eigenvalue weighted by atomic mass is 19.4. The quantitative estimate of drug-likeness (QED) is 0.631. The van der Waals surface area contributed by atoms with Gasteiger partial charge in [0.15, 0.2) is 17.5 Å². The third kappa shape index (κ3) is 3.01. The Morgan fingerprint density at radius 3 is 2.44 bits per heavy atom. The van der Waals surface area contributed by atoms with Crippen molar-refractivity contribution in [2.45, 2.75) is 6.18 Å². The summed E-state index contributed by atoms with van der Waals surface area (Å²) in [6.07, 6.45) is -4.02. The maximum Gasteiger partial charge on any atom is 0.394 e. The van der Waals surface area contributed by atoms with Gasteiger partial charge in [0.25, 0.3) is 0 Å². The third-order valence-electron chi connectivity index (χ3n) is 4.46. The molecule has 27 heavy (non-hydrogen) atoms. The molecule has 2 atom stereocenters. The molecule has 142 valence electrons. The van der Waals surface area contributed by atoms with Gasteiger partial charge in [0, 0.05) is 24.7 Å². The summed E-state index contributed by atoms with van der Waals surface area (Å²) in [4.78, 5) is 15.7. The van der Waals surface area contributed by atoms with Crippen molar-refractivity contribution in [2.24, 2.45) is 11.8 Å². The molecular weight excluding hydrogens is 380 g/mol. The molecule has 0 aliphatic carbocycles. The van der Waals surface area contributed by atoms with E-state index in [1.165, 1.54) is 0 Å². The first kappa shape index (κ1) is 18.8. The monoisotopic (exact) mass is 389 g/mol. The van der Waals surface area contributed by atoms with Gasteiger partial charge in [-0.25, -0.2) is 13.2 Å². The van der Waals surface area contributed by atoms with Gasteiger partial charge in [-0.3, -0.25) is 9.78 Å². The predicted molar refractivity (Wildman–Crippen MR) is 79.2 cm³/mol. The number of halogens is 6. The number of aromatic nitrogens is 1. The van der Waals surface area contributed by atoms with E-state index in [2.05, 4.69) is 4.98 Å². The first-order chi connectivity index (χ1) is 12.6. The van der Waals surface area contributed by atoms with E-state index >= 15 is 0 Å². The summed E-state index contributed by atoms with van der Waals surface area (Å²) < 4.78 is 80.7. The number of carboxylic acid groups (broad SMARTS) is 1. The fourth-order valence-electron chi connectivity index (χ4n) is 3.22. The van der Waals surface area contributed by atoms with Crippen molar-refractivity contribution in [2.75, 3.05) is 18.0 Å². The van der Waals surface area contributed by atoms with Crippen molar-refractivity contribution in [3.05, 3.63) is 35.3 Å². The normalized spacial score (nSPS) is 20.1. The molecule has 5 nitrogen and oxygen atoms in total. The average molecular weight is 389 g/mol. The fraction of sp³-hybridized carbons (Fsp3) is 0.312. The Morgan fingerprint density at radius 1 is 1.26 bits per heavy atom. The number of pyridine rings is 1. The van der Waals surface area contributed by atoms with Crippen LogP contribution < -0.4 is 4.90 Å². The molecule has 1 aromatic carbocycles. The maximum atomic E-state index is 14.0. The van der Waals surface area contributed by atoms with E-state index in [1.807, 2.05) is 0 Å². The molecule has 0 radical (unpaired) electrons. The fourth-order valence-corrected chi connectivity index (χ4v) is 3.22. The van der Waals surface area contributed by atoms with Crippen LogP contribution in [0.4, 0.5) is 32.0 Å². The summed E-state index contributed by atoms with van der Waals surface area (Å²) in [6.45, 7) is -1.48. The van der Waals surface area contributed by atoms with Crippen molar-refractivity contribution < 1.29 is 36.2 Å². The zero-order chi connectivity index (χ0) is 20.1. The minimum absolute atomic E-state index is 0.320. The lowest BCUT2D eigenvalue weighted by molar-refractivity contribution is -0.187. The molecule has 3 rings (SSSR count). The molecular formula is C16H9F6N3O2. The minimum atomic E-state index is -4.84. The van der Waals surface area contributed by atoms with Gasteiger partial charge in [-0.1, -0.05) is 0 Å². The Labute approximate surface area is 147 Å². The number of hydrogen-bond donors (Lipinski definition) is 1. The van der Waals surface area contributed by atoms with Crippen molar-refractivity contribution >= 4 is 22.6 Å². The highest BCUT2D eigenvalue weighted by Gasteiger charge is 2.53. The standard InChI is InChI=1S/C16H9F6N3O2/c17-10-1-7-13(12(19)11(10)18)24-3-6(2-23)14(7)25-4-8(15(26)27)9(5-25)16(20,21)22/h1,3,8-9H,4-5H2,(H,26,27)/t8-,9-/m1/s1. The Balaban J connectivity index is 2.22. The number of carbonyl (C=O) groups is 1. The predicted octanol–water partition coefficient (Wildman–Crippen LogP) is 3.22. The molecule has 2 heterocycles. The van der Waals surface area contributed by atoms with Gasteiger partial charge >= 0.3 is 12.1 Å². The van der Waals surface area contributed by atoms with Gasteiger partial charge < -0.3 is 10.0 Å². The van der Waals surface area contributed by atoms with Crippen LogP contribution in [0.1, 0.15) is 5.56 Å². The van der Waals surface area contributed by atoms with Gasteiger partial charge in [-0.05, 0) is 6.07 Å². The summed E-state index contributed by atoms with van der Waals surface area (Å²) in [7, 11) is 0. The maximum absolute atomic E-state index is 14.0. The van der Waals surface area contributed by atoms with Crippen LogP contribution in [0.25, 0.3) is 10.9 Å². The van der Waals surface area contributed by atoms with E-state index in [0.717, 1.165) is 11.1 Å². The number of hydrogen-bond acceptors (Lipinski definition) is 4. The number of benzene rings is 1. The Kier molecular flexibility index (Phi) is 4.37. The third-order valence-corrected chi connectivity index (χ3v) is 4.46. The number of rotatable bonds is 2. The highest BCUT2D eigenvalue weighted by molar-refractivity contribution is 5.95. The van der Waals surface area contributed by atoms with Crippen molar-refractivity contribution in [3.63, 3.8) is 0 Å². The summed E-state index contributed by atoms with van der Waals surface area (Å²) in [5.74, 6) is -10.9. The SMILES string of the molecule is N#Cc1cnc2c(F)c(F)c(F)cc2c1N1C[C@@H](C(F)(F)F)[C@H](C(=O)O)C1. The van der Waals surface area contributed by atoms with Gasteiger partial charge in [0.05, 0.1) is 23.1 Å². The van der Waals surface area contributed by atoms with Crippen molar-refractivity contribution in [1.82, 2.24) is 4.98 Å². The van der Waals surface area contributed by atoms with E-state index in [0.29, 0.717) is 6.07 Å². The topological polar surface area (TPSA) is 77.2 Å². The molecule has 2 aromatic rings. The average Bonchev–Trinajstić information content (AvgIpc) is 3.04. The molecule has 1 aromatic heterocycles. The number of aliphatic carboxylic acids is 1. The van der Waals surface area contributed by atoms with Crippen molar-refractivity contribution in [3.8, 4) is 6.07 Å². The Morgan fingerprint density at radius 2 is 1.93 bits per heavy atom. The molecule has 0 bridgehead atoms. The van der Waals surface area contributed by atoms with Crippen LogP contribution in [-0.4, -0.2) is 35.3 Å². The number of nitrogens with zero attached hydrogens (tertiary/aromatic N) is 3. The molecule has 1 aliphatic rings. The summed E-state index contributed by atoms with van der Waals surface area (Å²) in [5.41, 5.74) is -1.32. The molecule has 0 amide bonds. The molecule has 1 fully saturated rings. The zero-order valence-electron chi connectivity index (χ0n) is 13.2.